The molecular formula is C11H10N4. The van der Waals surface area contributed by atoms with Gasteiger partial charge in [-0.3, -0.25) is 4.57 Å². The van der Waals surface area contributed by atoms with Gasteiger partial charge in [-0.15, -0.1) is 0 Å². The van der Waals surface area contributed by atoms with Gasteiger partial charge in [0.15, 0.2) is 5.82 Å². The summed E-state index contributed by atoms with van der Waals surface area (Å²) in [6.45, 7) is 3.82. The summed E-state index contributed by atoms with van der Waals surface area (Å²) in [5.41, 5.74) is 2.43. The molecule has 2 aromatic heterocycles. The van der Waals surface area contributed by atoms with Crippen molar-refractivity contribution < 1.29 is 0 Å². The molecule has 0 N–H and O–H groups in total. The number of aryl methyl sites for hydroxylation is 2. The molecule has 2 rings (SSSR count). The van der Waals surface area contributed by atoms with Crippen molar-refractivity contribution >= 4 is 0 Å². The van der Waals surface area contributed by atoms with Gasteiger partial charge >= 0.3 is 0 Å². The SMILES string of the molecule is Cc1cc(C)c(C#N)c(-n2ccnc2)n1. The first-order chi connectivity index (χ1) is 7.22. The quantitative estimate of drug-likeness (QED) is 0.701. The molecule has 0 radical (unpaired) electrons. The zero-order valence-electron chi connectivity index (χ0n) is 8.60. The van der Waals surface area contributed by atoms with Crippen LogP contribution < -0.4 is 0 Å². The maximum atomic E-state index is 9.07. The lowest BCUT2D eigenvalue weighted by Crippen LogP contribution is -2.02. The van der Waals surface area contributed by atoms with Gasteiger partial charge in [-0.05, 0) is 25.5 Å². The van der Waals surface area contributed by atoms with Crippen LogP contribution in [-0.4, -0.2) is 14.5 Å². The lowest BCUT2D eigenvalue weighted by Gasteiger charge is -2.07. The topological polar surface area (TPSA) is 54.5 Å². The van der Waals surface area contributed by atoms with Gasteiger partial charge in [0, 0.05) is 18.1 Å². The number of imidazole rings is 1. The van der Waals surface area contributed by atoms with Gasteiger partial charge in [0.25, 0.3) is 0 Å². The molecule has 0 aliphatic rings. The van der Waals surface area contributed by atoms with Gasteiger partial charge in [0.1, 0.15) is 12.4 Å². The van der Waals surface area contributed by atoms with Crippen LogP contribution in [0.2, 0.25) is 0 Å². The van der Waals surface area contributed by atoms with Gasteiger partial charge in [-0.1, -0.05) is 0 Å². The lowest BCUT2D eigenvalue weighted by atomic mass is 10.1. The summed E-state index contributed by atoms with van der Waals surface area (Å²) in [6.07, 6.45) is 5.09. The standard InChI is InChI=1S/C11H10N4/c1-8-5-9(2)14-11(10(8)6-12)15-4-3-13-7-15/h3-5,7H,1-2H3. The number of rotatable bonds is 1. The summed E-state index contributed by atoms with van der Waals surface area (Å²) in [7, 11) is 0. The van der Waals surface area contributed by atoms with Crippen LogP contribution in [0, 0.1) is 25.2 Å². The molecule has 4 heteroatoms. The Morgan fingerprint density at radius 1 is 1.40 bits per heavy atom. The van der Waals surface area contributed by atoms with Gasteiger partial charge in [-0.2, -0.15) is 5.26 Å². The van der Waals surface area contributed by atoms with E-state index in [1.807, 2.05) is 19.9 Å². The van der Waals surface area contributed by atoms with Crippen molar-refractivity contribution in [2.24, 2.45) is 0 Å². The Morgan fingerprint density at radius 3 is 2.80 bits per heavy atom. The van der Waals surface area contributed by atoms with Gasteiger partial charge in [0.2, 0.25) is 0 Å². The third kappa shape index (κ3) is 1.59. The van der Waals surface area contributed by atoms with Crippen molar-refractivity contribution in [3.8, 4) is 11.9 Å². The highest BCUT2D eigenvalue weighted by Gasteiger charge is 2.09. The summed E-state index contributed by atoms with van der Waals surface area (Å²) in [6, 6.07) is 4.07. The van der Waals surface area contributed by atoms with E-state index >= 15 is 0 Å². The van der Waals surface area contributed by atoms with Crippen LogP contribution in [0.5, 0.6) is 0 Å². The molecule has 74 valence electrons. The number of hydrogen-bond acceptors (Lipinski definition) is 3. The fourth-order valence-electron chi connectivity index (χ4n) is 1.53. The van der Waals surface area contributed by atoms with E-state index in [0.717, 1.165) is 11.3 Å². The van der Waals surface area contributed by atoms with Crippen molar-refractivity contribution in [3.05, 3.63) is 41.6 Å². The second-order valence-corrected chi connectivity index (χ2v) is 3.36. The molecule has 2 heterocycles. The van der Waals surface area contributed by atoms with Crippen LogP contribution in [-0.2, 0) is 0 Å². The molecule has 0 atom stereocenters. The average molecular weight is 198 g/mol. The number of nitriles is 1. The third-order valence-electron chi connectivity index (χ3n) is 2.19. The van der Waals surface area contributed by atoms with E-state index in [4.69, 9.17) is 5.26 Å². The number of nitrogens with zero attached hydrogens (tertiary/aromatic N) is 4. The first kappa shape index (κ1) is 9.41. The molecule has 0 aliphatic carbocycles. The van der Waals surface area contributed by atoms with Crippen LogP contribution in [0.15, 0.2) is 24.8 Å². The van der Waals surface area contributed by atoms with Crippen molar-refractivity contribution in [2.75, 3.05) is 0 Å². The molecule has 15 heavy (non-hydrogen) atoms. The summed E-state index contributed by atoms with van der Waals surface area (Å²) in [5, 5.41) is 9.07. The van der Waals surface area contributed by atoms with Crippen LogP contribution in [0.4, 0.5) is 0 Å². The Morgan fingerprint density at radius 2 is 2.20 bits per heavy atom. The Bertz CT molecular complexity index is 520. The molecule has 0 saturated heterocycles. The molecule has 4 nitrogen and oxygen atoms in total. The second kappa shape index (κ2) is 3.54. The maximum Gasteiger partial charge on any atom is 0.156 e. The smallest absolute Gasteiger partial charge is 0.156 e. The van der Waals surface area contributed by atoms with Crippen molar-refractivity contribution in [1.82, 2.24) is 14.5 Å². The zero-order chi connectivity index (χ0) is 10.8. The van der Waals surface area contributed by atoms with E-state index in [-0.39, 0.29) is 0 Å². The molecular weight excluding hydrogens is 188 g/mol. The van der Waals surface area contributed by atoms with Gasteiger partial charge in [-0.25, -0.2) is 9.97 Å². The predicted octanol–water partition coefficient (Wildman–Crippen LogP) is 1.76. The minimum atomic E-state index is 0.596. The first-order valence-electron chi connectivity index (χ1n) is 4.59. The molecule has 2 aromatic rings. The van der Waals surface area contributed by atoms with Crippen LogP contribution in [0.3, 0.4) is 0 Å². The Kier molecular flexibility index (Phi) is 2.22. The summed E-state index contributed by atoms with van der Waals surface area (Å²) in [4.78, 5) is 8.29. The molecule has 0 fully saturated rings. The summed E-state index contributed by atoms with van der Waals surface area (Å²) >= 11 is 0. The lowest BCUT2D eigenvalue weighted by molar-refractivity contribution is 0.961. The van der Waals surface area contributed by atoms with E-state index in [1.165, 1.54) is 0 Å². The van der Waals surface area contributed by atoms with Crippen LogP contribution in [0.1, 0.15) is 16.8 Å². The Balaban J connectivity index is 2.71. The fourth-order valence-corrected chi connectivity index (χ4v) is 1.53. The van der Waals surface area contributed by atoms with E-state index in [2.05, 4.69) is 16.0 Å². The van der Waals surface area contributed by atoms with E-state index in [1.54, 1.807) is 23.3 Å². The van der Waals surface area contributed by atoms with E-state index < -0.39 is 0 Å². The van der Waals surface area contributed by atoms with Crippen LogP contribution >= 0.6 is 0 Å². The van der Waals surface area contributed by atoms with E-state index in [0.29, 0.717) is 11.4 Å². The number of hydrogen-bond donors (Lipinski definition) is 0. The van der Waals surface area contributed by atoms with Gasteiger partial charge in [0.05, 0.1) is 5.56 Å². The largest absolute Gasteiger partial charge is 0.289 e. The molecule has 0 spiro atoms. The van der Waals surface area contributed by atoms with E-state index in [9.17, 15) is 0 Å². The van der Waals surface area contributed by atoms with Crippen molar-refractivity contribution in [2.45, 2.75) is 13.8 Å². The number of aromatic nitrogens is 3. The van der Waals surface area contributed by atoms with Gasteiger partial charge < -0.3 is 0 Å². The summed E-state index contributed by atoms with van der Waals surface area (Å²) in [5.74, 6) is 0.646. The molecule has 0 amide bonds. The van der Waals surface area contributed by atoms with Crippen molar-refractivity contribution in [3.63, 3.8) is 0 Å². The minimum Gasteiger partial charge on any atom is -0.289 e. The minimum absolute atomic E-state index is 0.596. The second-order valence-electron chi connectivity index (χ2n) is 3.36. The highest BCUT2D eigenvalue weighted by atomic mass is 15.1. The monoisotopic (exact) mass is 198 g/mol. The molecule has 0 saturated carbocycles. The first-order valence-corrected chi connectivity index (χ1v) is 4.59. The Hall–Kier alpha value is -2.15. The summed E-state index contributed by atoms with van der Waals surface area (Å²) < 4.78 is 1.75. The fraction of sp³-hybridized carbons (Fsp3) is 0.182. The normalized spacial score (nSPS) is 9.93. The predicted molar refractivity (Wildman–Crippen MR) is 55.5 cm³/mol. The Labute approximate surface area is 87.8 Å². The highest BCUT2D eigenvalue weighted by Crippen LogP contribution is 2.16. The molecule has 0 bridgehead atoms. The molecule has 0 aliphatic heterocycles. The average Bonchev–Trinajstić information content (AvgIpc) is 2.69. The van der Waals surface area contributed by atoms with Crippen LogP contribution in [0.25, 0.3) is 5.82 Å². The maximum absolute atomic E-state index is 9.07. The molecule has 0 unspecified atom stereocenters. The third-order valence-corrected chi connectivity index (χ3v) is 2.19. The molecule has 0 aromatic carbocycles. The van der Waals surface area contributed by atoms with Crippen molar-refractivity contribution in [1.29, 1.82) is 5.26 Å². The zero-order valence-corrected chi connectivity index (χ0v) is 8.60. The highest BCUT2D eigenvalue weighted by molar-refractivity contribution is 5.49. The number of pyridine rings is 1.